The van der Waals surface area contributed by atoms with Gasteiger partial charge >= 0.3 is 0 Å². The normalized spacial score (nSPS) is 13.4. The van der Waals surface area contributed by atoms with Crippen molar-refractivity contribution < 1.29 is 31.9 Å². The van der Waals surface area contributed by atoms with Crippen molar-refractivity contribution in [3.63, 3.8) is 0 Å². The number of hydrogen-bond acceptors (Lipinski definition) is 6. The standard InChI is InChI=1S/C31H36FN3O6S/c1-21(2)18-33-31(37)23(4)34(19-24-7-5-22(3)6-8-24)30(36)20-35(26-11-9-25(32)10-12-26)42(38,39)27-13-14-28-29(17-27)41-16-15-40-28/h5-14,17,21,23H,15-16,18-20H2,1-4H3,(H,33,37)/t23-/m0/s1. The summed E-state index contributed by atoms with van der Waals surface area (Å²) in [5.41, 5.74) is 1.90. The van der Waals surface area contributed by atoms with Gasteiger partial charge in [-0.05, 0) is 61.7 Å². The minimum Gasteiger partial charge on any atom is -0.486 e. The Morgan fingerprint density at radius 1 is 0.929 bits per heavy atom. The molecule has 0 bridgehead atoms. The van der Waals surface area contributed by atoms with Crippen LogP contribution in [0.5, 0.6) is 11.5 Å². The molecule has 1 atom stereocenters. The van der Waals surface area contributed by atoms with Gasteiger partial charge in [0.15, 0.2) is 11.5 Å². The molecule has 0 unspecified atom stereocenters. The van der Waals surface area contributed by atoms with Crippen LogP contribution in [0.2, 0.25) is 0 Å². The molecule has 0 radical (unpaired) electrons. The molecule has 9 nitrogen and oxygen atoms in total. The number of hydrogen-bond donors (Lipinski definition) is 1. The van der Waals surface area contributed by atoms with E-state index in [4.69, 9.17) is 9.47 Å². The van der Waals surface area contributed by atoms with Crippen LogP contribution in [-0.2, 0) is 26.2 Å². The fourth-order valence-corrected chi connectivity index (χ4v) is 5.80. The van der Waals surface area contributed by atoms with Crippen molar-refractivity contribution in [3.8, 4) is 11.5 Å². The smallest absolute Gasteiger partial charge is 0.264 e. The molecule has 42 heavy (non-hydrogen) atoms. The topological polar surface area (TPSA) is 105 Å². The van der Waals surface area contributed by atoms with E-state index in [1.54, 1.807) is 6.92 Å². The van der Waals surface area contributed by atoms with Crippen molar-refractivity contribution >= 4 is 27.5 Å². The molecule has 4 rings (SSSR count). The predicted molar refractivity (Wildman–Crippen MR) is 157 cm³/mol. The van der Waals surface area contributed by atoms with Crippen LogP contribution in [0.1, 0.15) is 31.9 Å². The van der Waals surface area contributed by atoms with Crippen LogP contribution in [0, 0.1) is 18.7 Å². The zero-order chi connectivity index (χ0) is 30.4. The first-order valence-electron chi connectivity index (χ1n) is 13.8. The first-order valence-corrected chi connectivity index (χ1v) is 15.2. The molecule has 0 saturated heterocycles. The average Bonchev–Trinajstić information content (AvgIpc) is 2.98. The van der Waals surface area contributed by atoms with Crippen molar-refractivity contribution in [1.29, 1.82) is 0 Å². The third-order valence-corrected chi connectivity index (χ3v) is 8.59. The SMILES string of the molecule is Cc1ccc(CN(C(=O)CN(c2ccc(F)cc2)S(=O)(=O)c2ccc3c(c2)OCCO3)[C@@H](C)C(=O)NCC(C)C)cc1. The van der Waals surface area contributed by atoms with Gasteiger partial charge in [-0.2, -0.15) is 0 Å². The van der Waals surface area contributed by atoms with Gasteiger partial charge < -0.3 is 19.7 Å². The highest BCUT2D eigenvalue weighted by molar-refractivity contribution is 7.92. The molecular weight excluding hydrogens is 561 g/mol. The number of aryl methyl sites for hydroxylation is 1. The molecule has 2 amide bonds. The highest BCUT2D eigenvalue weighted by atomic mass is 32.2. The number of sulfonamides is 1. The van der Waals surface area contributed by atoms with Crippen molar-refractivity contribution in [1.82, 2.24) is 10.2 Å². The van der Waals surface area contributed by atoms with E-state index in [1.807, 2.05) is 45.0 Å². The number of fused-ring (bicyclic) bond motifs is 1. The van der Waals surface area contributed by atoms with Crippen LogP contribution in [0.4, 0.5) is 10.1 Å². The largest absolute Gasteiger partial charge is 0.486 e. The van der Waals surface area contributed by atoms with E-state index < -0.39 is 34.3 Å². The first kappa shape index (κ1) is 30.8. The van der Waals surface area contributed by atoms with Crippen molar-refractivity contribution in [2.75, 3.05) is 30.6 Å². The number of benzene rings is 3. The Hall–Kier alpha value is -4.12. The molecule has 1 aliphatic rings. The Morgan fingerprint density at radius 2 is 1.57 bits per heavy atom. The lowest BCUT2D eigenvalue weighted by molar-refractivity contribution is -0.139. The van der Waals surface area contributed by atoms with Crippen molar-refractivity contribution in [3.05, 3.63) is 83.7 Å². The fourth-order valence-electron chi connectivity index (χ4n) is 4.37. The molecule has 0 aromatic heterocycles. The number of nitrogens with zero attached hydrogens (tertiary/aromatic N) is 2. The number of halogens is 1. The number of ether oxygens (including phenoxy) is 2. The van der Waals surface area contributed by atoms with E-state index in [2.05, 4.69) is 5.32 Å². The third kappa shape index (κ3) is 7.39. The molecule has 1 aliphatic heterocycles. The molecule has 11 heteroatoms. The monoisotopic (exact) mass is 597 g/mol. The van der Waals surface area contributed by atoms with Gasteiger partial charge in [0.25, 0.3) is 10.0 Å². The minimum absolute atomic E-state index is 0.0801. The molecule has 0 aliphatic carbocycles. The highest BCUT2D eigenvalue weighted by Crippen LogP contribution is 2.34. The van der Waals surface area contributed by atoms with Gasteiger partial charge in [0.2, 0.25) is 11.8 Å². The maximum absolute atomic E-state index is 14.0. The summed E-state index contributed by atoms with van der Waals surface area (Å²) in [5, 5.41) is 2.86. The van der Waals surface area contributed by atoms with Gasteiger partial charge in [0.1, 0.15) is 31.6 Å². The van der Waals surface area contributed by atoms with E-state index in [-0.39, 0.29) is 41.3 Å². The van der Waals surface area contributed by atoms with E-state index in [9.17, 15) is 22.4 Å². The van der Waals surface area contributed by atoms with Gasteiger partial charge in [-0.1, -0.05) is 43.7 Å². The molecule has 1 heterocycles. The molecule has 1 N–H and O–H groups in total. The number of amides is 2. The highest BCUT2D eigenvalue weighted by Gasteiger charge is 2.33. The first-order chi connectivity index (χ1) is 20.0. The van der Waals surface area contributed by atoms with E-state index >= 15 is 0 Å². The second-order valence-corrected chi connectivity index (χ2v) is 12.5. The summed E-state index contributed by atoms with van der Waals surface area (Å²) in [4.78, 5) is 28.3. The third-order valence-electron chi connectivity index (χ3n) is 6.82. The fraction of sp³-hybridized carbons (Fsp3) is 0.355. The minimum atomic E-state index is -4.35. The van der Waals surface area contributed by atoms with Crippen molar-refractivity contribution in [2.45, 2.75) is 45.2 Å². The molecule has 0 saturated carbocycles. The zero-order valence-electron chi connectivity index (χ0n) is 24.2. The van der Waals surface area contributed by atoms with E-state index in [0.717, 1.165) is 27.6 Å². The van der Waals surface area contributed by atoms with Gasteiger partial charge in [-0.25, -0.2) is 12.8 Å². The maximum Gasteiger partial charge on any atom is 0.264 e. The molecule has 3 aromatic carbocycles. The Bertz CT molecular complexity index is 1510. The van der Waals surface area contributed by atoms with Crippen LogP contribution in [0.15, 0.2) is 71.6 Å². The second kappa shape index (κ2) is 13.2. The summed E-state index contributed by atoms with van der Waals surface area (Å²) < 4.78 is 53.9. The summed E-state index contributed by atoms with van der Waals surface area (Å²) >= 11 is 0. The molecular formula is C31H36FN3O6S. The van der Waals surface area contributed by atoms with Crippen LogP contribution < -0.4 is 19.1 Å². The second-order valence-electron chi connectivity index (χ2n) is 10.6. The van der Waals surface area contributed by atoms with Gasteiger partial charge in [-0.15, -0.1) is 0 Å². The number of nitrogens with one attached hydrogen (secondary N) is 1. The van der Waals surface area contributed by atoms with Crippen LogP contribution in [0.25, 0.3) is 0 Å². The lowest BCUT2D eigenvalue weighted by Gasteiger charge is -2.32. The van der Waals surface area contributed by atoms with Crippen molar-refractivity contribution in [2.24, 2.45) is 5.92 Å². The van der Waals surface area contributed by atoms with E-state index in [0.29, 0.717) is 18.9 Å². The van der Waals surface area contributed by atoms with Crippen LogP contribution in [-0.4, -0.2) is 57.5 Å². The molecule has 224 valence electrons. The van der Waals surface area contributed by atoms with Gasteiger partial charge in [0.05, 0.1) is 10.6 Å². The lowest BCUT2D eigenvalue weighted by Crippen LogP contribution is -2.51. The maximum atomic E-state index is 14.0. The predicted octanol–water partition coefficient (Wildman–Crippen LogP) is 4.29. The van der Waals surface area contributed by atoms with Crippen LogP contribution in [0.3, 0.4) is 0 Å². The van der Waals surface area contributed by atoms with Gasteiger partial charge in [-0.3, -0.25) is 13.9 Å². The Kier molecular flexibility index (Phi) is 9.72. The number of anilines is 1. The number of carbonyl (C=O) groups excluding carboxylic acids is 2. The summed E-state index contributed by atoms with van der Waals surface area (Å²) in [5.74, 6) is -0.634. The molecule has 0 spiro atoms. The molecule has 0 fully saturated rings. The summed E-state index contributed by atoms with van der Waals surface area (Å²) in [6, 6.07) is 15.7. The zero-order valence-corrected chi connectivity index (χ0v) is 25.0. The van der Waals surface area contributed by atoms with Crippen LogP contribution >= 0.6 is 0 Å². The summed E-state index contributed by atoms with van der Waals surface area (Å²) in [6.07, 6.45) is 0. The van der Waals surface area contributed by atoms with E-state index in [1.165, 1.54) is 35.2 Å². The lowest BCUT2D eigenvalue weighted by atomic mass is 10.1. The van der Waals surface area contributed by atoms with Gasteiger partial charge in [0, 0.05) is 19.2 Å². The summed E-state index contributed by atoms with van der Waals surface area (Å²) in [6.45, 7) is 7.96. The number of carbonyl (C=O) groups is 2. The Balaban J connectivity index is 1.70. The average molecular weight is 598 g/mol. The quantitative estimate of drug-likeness (QED) is 0.354. The number of rotatable bonds is 11. The Labute approximate surface area is 246 Å². The Morgan fingerprint density at radius 3 is 2.21 bits per heavy atom. The molecule has 3 aromatic rings. The summed E-state index contributed by atoms with van der Waals surface area (Å²) in [7, 11) is -4.35.